The Morgan fingerprint density at radius 2 is 1.53 bits per heavy atom. The van der Waals surface area contributed by atoms with Gasteiger partial charge in [0, 0.05) is 14.2 Å². The van der Waals surface area contributed by atoms with E-state index < -0.39 is 18.1 Å². The molecule has 8 nitrogen and oxygen atoms in total. The second-order valence-electron chi connectivity index (χ2n) is 9.15. The van der Waals surface area contributed by atoms with Crippen LogP contribution in [0.5, 0.6) is 0 Å². The summed E-state index contributed by atoms with van der Waals surface area (Å²) in [6.45, 7) is 11.8. The van der Waals surface area contributed by atoms with Gasteiger partial charge < -0.3 is 20.7 Å². The van der Waals surface area contributed by atoms with Crippen LogP contribution >= 0.6 is 0 Å². The molecule has 5 atom stereocenters. The van der Waals surface area contributed by atoms with Crippen molar-refractivity contribution >= 4 is 17.7 Å². The highest BCUT2D eigenvalue weighted by atomic mass is 16.5. The number of carbonyl (C=O) groups excluding carboxylic acids is 3. The van der Waals surface area contributed by atoms with Gasteiger partial charge >= 0.3 is 0 Å². The van der Waals surface area contributed by atoms with E-state index in [1.54, 1.807) is 11.9 Å². The zero-order valence-corrected chi connectivity index (χ0v) is 20.6. The number of ether oxygens (including phenoxy) is 1. The van der Waals surface area contributed by atoms with Crippen LogP contribution in [0, 0.1) is 17.8 Å². The summed E-state index contributed by atoms with van der Waals surface area (Å²) < 4.78 is 5.55. The molecule has 0 aromatic heterocycles. The lowest BCUT2D eigenvalue weighted by Crippen LogP contribution is -2.59. The Morgan fingerprint density at radius 1 is 1.00 bits per heavy atom. The lowest BCUT2D eigenvalue weighted by molar-refractivity contribution is -0.144. The number of carbonyl (C=O) groups is 3. The molecule has 3 N–H and O–H groups in total. The lowest BCUT2D eigenvalue weighted by atomic mass is 9.90. The van der Waals surface area contributed by atoms with Crippen molar-refractivity contribution in [2.45, 2.75) is 78.6 Å². The third-order valence-corrected chi connectivity index (χ3v) is 5.79. The monoisotopic (exact) mass is 428 g/mol. The summed E-state index contributed by atoms with van der Waals surface area (Å²) in [5.41, 5.74) is 5.40. The van der Waals surface area contributed by atoms with Gasteiger partial charge in [0.2, 0.25) is 17.7 Å². The first kappa shape index (κ1) is 28.3. The molecule has 0 rings (SSSR count). The Labute approximate surface area is 182 Å². The van der Waals surface area contributed by atoms with E-state index in [2.05, 4.69) is 5.32 Å². The van der Waals surface area contributed by atoms with Crippen molar-refractivity contribution in [3.63, 3.8) is 0 Å². The third kappa shape index (κ3) is 7.87. The third-order valence-electron chi connectivity index (χ3n) is 5.79. The molecular weight excluding hydrogens is 384 g/mol. The molecule has 0 aromatic carbocycles. The normalized spacial score (nSPS) is 16.8. The van der Waals surface area contributed by atoms with Crippen molar-refractivity contribution in [3.05, 3.63) is 0 Å². The van der Waals surface area contributed by atoms with Crippen molar-refractivity contribution in [3.8, 4) is 0 Å². The van der Waals surface area contributed by atoms with E-state index in [1.165, 1.54) is 7.11 Å². The molecule has 0 saturated carbocycles. The van der Waals surface area contributed by atoms with Gasteiger partial charge in [-0.05, 0) is 31.8 Å². The van der Waals surface area contributed by atoms with Crippen LogP contribution in [0.3, 0.4) is 0 Å². The number of amides is 3. The average molecular weight is 429 g/mol. The minimum atomic E-state index is -0.679. The number of rotatable bonds is 13. The number of likely N-dealkylation sites (N-methyl/N-ethyl adjacent to an activating group) is 2. The van der Waals surface area contributed by atoms with Gasteiger partial charge in [-0.3, -0.25) is 19.3 Å². The molecule has 0 aromatic rings. The molecule has 0 saturated heterocycles. The van der Waals surface area contributed by atoms with Gasteiger partial charge in [-0.1, -0.05) is 48.0 Å². The summed E-state index contributed by atoms with van der Waals surface area (Å²) in [4.78, 5) is 41.5. The van der Waals surface area contributed by atoms with Crippen LogP contribution in [-0.4, -0.2) is 80.0 Å². The first-order valence-electron chi connectivity index (χ1n) is 10.8. The molecule has 30 heavy (non-hydrogen) atoms. The number of nitrogens with two attached hydrogens (primary N) is 1. The van der Waals surface area contributed by atoms with Crippen LogP contribution in [0.15, 0.2) is 0 Å². The number of methoxy groups -OCH3 is 1. The smallest absolute Gasteiger partial charge is 0.245 e. The quantitative estimate of drug-likeness (QED) is 0.462. The fourth-order valence-corrected chi connectivity index (χ4v) is 4.03. The Hall–Kier alpha value is -1.67. The van der Waals surface area contributed by atoms with Crippen LogP contribution in [0.1, 0.15) is 54.4 Å². The lowest BCUT2D eigenvalue weighted by Gasteiger charge is -2.40. The van der Waals surface area contributed by atoms with Crippen LogP contribution in [0.25, 0.3) is 0 Å². The maximum absolute atomic E-state index is 13.5. The minimum Gasteiger partial charge on any atom is -0.379 e. The Bertz CT molecular complexity index is 557. The standard InChI is InChI=1S/C22H44N4O4/c1-11-15(6)20(16(30-10)12-17(23)27)26(9)22(29)18(13(2)3)24-21(28)19(14(4)5)25(7)8/h13-16,18-20H,11-12H2,1-10H3,(H2,23,27)(H,24,28)/t15-,16+,18-,19-,20-/m0/s1. The number of hydrogen-bond acceptors (Lipinski definition) is 5. The van der Waals surface area contributed by atoms with E-state index in [1.807, 2.05) is 60.5 Å². The highest BCUT2D eigenvalue weighted by molar-refractivity contribution is 5.90. The molecular formula is C22H44N4O4. The van der Waals surface area contributed by atoms with Crippen molar-refractivity contribution in [2.24, 2.45) is 23.5 Å². The van der Waals surface area contributed by atoms with Crippen molar-refractivity contribution in [1.29, 1.82) is 0 Å². The Morgan fingerprint density at radius 3 is 1.87 bits per heavy atom. The van der Waals surface area contributed by atoms with E-state index in [9.17, 15) is 14.4 Å². The molecule has 8 heteroatoms. The average Bonchev–Trinajstić information content (AvgIpc) is 2.63. The van der Waals surface area contributed by atoms with Crippen LogP contribution in [-0.2, 0) is 19.1 Å². The van der Waals surface area contributed by atoms with E-state index >= 15 is 0 Å². The minimum absolute atomic E-state index is 0.0257. The number of nitrogens with one attached hydrogen (secondary N) is 1. The second kappa shape index (κ2) is 12.9. The highest BCUT2D eigenvalue weighted by Crippen LogP contribution is 2.23. The summed E-state index contributed by atoms with van der Waals surface area (Å²) >= 11 is 0. The molecule has 0 heterocycles. The largest absolute Gasteiger partial charge is 0.379 e. The SMILES string of the molecule is CC[C@H](C)[C@@H]([C@@H](CC(N)=O)OC)N(C)C(=O)[C@@H](NC(=O)[C@H](C(C)C)N(C)C)C(C)C. The molecule has 0 aliphatic rings. The maximum Gasteiger partial charge on any atom is 0.245 e. The first-order valence-corrected chi connectivity index (χ1v) is 10.8. The summed E-state index contributed by atoms with van der Waals surface area (Å²) in [7, 11) is 6.94. The fraction of sp³-hybridized carbons (Fsp3) is 0.864. The molecule has 0 aliphatic heterocycles. The van der Waals surface area contributed by atoms with E-state index in [0.717, 1.165) is 6.42 Å². The van der Waals surface area contributed by atoms with Crippen LogP contribution < -0.4 is 11.1 Å². The van der Waals surface area contributed by atoms with E-state index in [0.29, 0.717) is 0 Å². The topological polar surface area (TPSA) is 105 Å². The van der Waals surface area contributed by atoms with Crippen molar-refractivity contribution in [1.82, 2.24) is 15.1 Å². The van der Waals surface area contributed by atoms with Crippen molar-refractivity contribution < 1.29 is 19.1 Å². The maximum atomic E-state index is 13.5. The van der Waals surface area contributed by atoms with Gasteiger partial charge in [-0.15, -0.1) is 0 Å². The molecule has 0 spiro atoms. The van der Waals surface area contributed by atoms with Gasteiger partial charge in [0.25, 0.3) is 0 Å². The summed E-state index contributed by atoms with van der Waals surface area (Å²) in [5.74, 6) is -0.768. The van der Waals surface area contributed by atoms with Gasteiger partial charge in [-0.25, -0.2) is 0 Å². The number of nitrogens with zero attached hydrogens (tertiary/aromatic N) is 2. The zero-order chi connectivity index (χ0) is 23.8. The molecule has 3 amide bonds. The number of primary amides is 1. The molecule has 176 valence electrons. The van der Waals surface area contributed by atoms with Crippen molar-refractivity contribution in [2.75, 3.05) is 28.3 Å². The molecule has 0 aliphatic carbocycles. The molecule has 0 bridgehead atoms. The van der Waals surface area contributed by atoms with Crippen LogP contribution in [0.4, 0.5) is 0 Å². The number of hydrogen-bond donors (Lipinski definition) is 2. The van der Waals surface area contributed by atoms with Gasteiger partial charge in [-0.2, -0.15) is 0 Å². The summed E-state index contributed by atoms with van der Waals surface area (Å²) in [6, 6.07) is -1.36. The second-order valence-corrected chi connectivity index (χ2v) is 9.15. The van der Waals surface area contributed by atoms with Gasteiger partial charge in [0.1, 0.15) is 6.04 Å². The summed E-state index contributed by atoms with van der Waals surface area (Å²) in [5, 5.41) is 2.97. The predicted molar refractivity (Wildman–Crippen MR) is 120 cm³/mol. The van der Waals surface area contributed by atoms with Gasteiger partial charge in [0.05, 0.1) is 24.6 Å². The van der Waals surface area contributed by atoms with Crippen LogP contribution in [0.2, 0.25) is 0 Å². The summed E-state index contributed by atoms with van der Waals surface area (Å²) in [6.07, 6.45) is 0.313. The molecule has 0 radical (unpaired) electrons. The fourth-order valence-electron chi connectivity index (χ4n) is 4.03. The van der Waals surface area contributed by atoms with E-state index in [4.69, 9.17) is 10.5 Å². The molecule has 0 unspecified atom stereocenters. The van der Waals surface area contributed by atoms with E-state index in [-0.39, 0.29) is 48.1 Å². The Kier molecular flexibility index (Phi) is 12.2. The molecule has 0 fully saturated rings. The zero-order valence-electron chi connectivity index (χ0n) is 20.6. The Balaban J connectivity index is 5.80. The first-order chi connectivity index (χ1) is 13.8. The predicted octanol–water partition coefficient (Wildman–Crippen LogP) is 1.48. The highest BCUT2D eigenvalue weighted by Gasteiger charge is 2.38. The van der Waals surface area contributed by atoms with Gasteiger partial charge in [0.15, 0.2) is 0 Å².